The Morgan fingerprint density at radius 3 is 2.53 bits per heavy atom. The summed E-state index contributed by atoms with van der Waals surface area (Å²) in [6.45, 7) is 7.11. The predicted octanol–water partition coefficient (Wildman–Crippen LogP) is 2.04. The second-order valence-corrected chi connectivity index (χ2v) is 12.0. The second kappa shape index (κ2) is 7.84. The molecular formula is C26H38O8. The number of ketones is 1. The number of allylic oxidation sites excluding steroid dienone is 1. The van der Waals surface area contributed by atoms with E-state index >= 15 is 0 Å². The van der Waals surface area contributed by atoms with E-state index in [2.05, 4.69) is 13.0 Å². The van der Waals surface area contributed by atoms with E-state index < -0.39 is 53.1 Å². The number of aliphatic hydroxyl groups is 3. The molecule has 1 aliphatic heterocycles. The summed E-state index contributed by atoms with van der Waals surface area (Å²) in [5, 5.41) is 42.9. The van der Waals surface area contributed by atoms with Crippen molar-refractivity contribution in [3.05, 3.63) is 11.6 Å². The van der Waals surface area contributed by atoms with Gasteiger partial charge in [-0.15, -0.1) is 0 Å². The van der Waals surface area contributed by atoms with Crippen molar-refractivity contribution in [1.82, 2.24) is 0 Å². The van der Waals surface area contributed by atoms with Crippen molar-refractivity contribution in [1.29, 1.82) is 0 Å². The Morgan fingerprint density at radius 1 is 1.21 bits per heavy atom. The predicted molar refractivity (Wildman–Crippen MR) is 120 cm³/mol. The van der Waals surface area contributed by atoms with Crippen LogP contribution in [0.1, 0.15) is 65.7 Å². The Kier molecular flexibility index (Phi) is 5.62. The molecule has 0 radical (unpaired) electrons. The zero-order valence-electron chi connectivity index (χ0n) is 20.3. The summed E-state index contributed by atoms with van der Waals surface area (Å²) in [5.41, 5.74) is -1.76. The smallest absolute Gasteiger partial charge is 0.306 e. The minimum absolute atomic E-state index is 0.00192. The van der Waals surface area contributed by atoms with Gasteiger partial charge >= 0.3 is 5.97 Å². The zero-order valence-corrected chi connectivity index (χ0v) is 20.3. The maximum atomic E-state index is 13.3. The molecule has 34 heavy (non-hydrogen) atoms. The molecule has 190 valence electrons. The molecule has 0 aromatic rings. The van der Waals surface area contributed by atoms with E-state index in [9.17, 15) is 24.9 Å². The summed E-state index contributed by atoms with van der Waals surface area (Å²) in [6, 6.07) is 0. The van der Waals surface area contributed by atoms with Gasteiger partial charge in [-0.25, -0.2) is 0 Å². The number of rotatable bonds is 4. The number of carbonyl (C=O) groups excluding carboxylic acids is 1. The van der Waals surface area contributed by atoms with Gasteiger partial charge in [0.25, 0.3) is 0 Å². The lowest BCUT2D eigenvalue weighted by molar-refractivity contribution is -0.205. The third kappa shape index (κ3) is 3.15. The lowest BCUT2D eigenvalue weighted by atomic mass is 9.45. The van der Waals surface area contributed by atoms with Crippen LogP contribution in [0.5, 0.6) is 0 Å². The molecule has 1 saturated heterocycles. The first-order chi connectivity index (χ1) is 15.9. The van der Waals surface area contributed by atoms with Crippen LogP contribution in [0, 0.1) is 34.5 Å². The minimum atomic E-state index is -1.88. The topological polar surface area (TPSA) is 134 Å². The molecule has 0 aromatic heterocycles. The summed E-state index contributed by atoms with van der Waals surface area (Å²) >= 11 is 0. The monoisotopic (exact) mass is 478 g/mol. The number of aliphatic hydroxyl groups excluding tert-OH is 2. The quantitative estimate of drug-likeness (QED) is 0.451. The van der Waals surface area contributed by atoms with E-state index in [0.717, 1.165) is 19.3 Å². The lowest BCUT2D eigenvalue weighted by Crippen LogP contribution is -2.64. The van der Waals surface area contributed by atoms with Crippen molar-refractivity contribution in [2.24, 2.45) is 34.5 Å². The van der Waals surface area contributed by atoms with Gasteiger partial charge in [0.1, 0.15) is 11.7 Å². The van der Waals surface area contributed by atoms with E-state index in [0.29, 0.717) is 26.1 Å². The average Bonchev–Trinajstić information content (AvgIpc) is 3.29. The Morgan fingerprint density at radius 2 is 1.88 bits per heavy atom. The third-order valence-electron chi connectivity index (χ3n) is 10.5. The molecule has 5 rings (SSSR count). The standard InChI is InChI=1S/C26H38O8/c1-14-10-17-16-5-4-15-12-25(33-8-9-34-25)7-6-23(15,2)21(16)19(28)13-24(17,3)26(14,32)22(31)18(27)11-20(29)30/h4,14,16-19,21,27-28,32H,5-13H2,1-3H3,(H,29,30)/t14-,16+,17+,18?,19-,21-,23+,24+,26+/m1/s1. The number of ether oxygens (including phenoxy) is 2. The molecule has 0 bridgehead atoms. The van der Waals surface area contributed by atoms with Gasteiger partial charge in [0, 0.05) is 18.3 Å². The van der Waals surface area contributed by atoms with Gasteiger partial charge in [0.2, 0.25) is 0 Å². The molecule has 1 unspecified atom stereocenters. The molecule has 5 aliphatic rings. The molecule has 4 aliphatic carbocycles. The summed E-state index contributed by atoms with van der Waals surface area (Å²) in [6.07, 6.45) is 2.96. The number of carbonyl (C=O) groups is 2. The Hall–Kier alpha value is -1.32. The second-order valence-electron chi connectivity index (χ2n) is 12.0. The van der Waals surface area contributed by atoms with Crippen LogP contribution in [0.3, 0.4) is 0 Å². The Balaban J connectivity index is 1.48. The van der Waals surface area contributed by atoms with Gasteiger partial charge in [-0.1, -0.05) is 32.4 Å². The van der Waals surface area contributed by atoms with Gasteiger partial charge in [0.05, 0.1) is 25.7 Å². The Labute approximate surface area is 200 Å². The summed E-state index contributed by atoms with van der Waals surface area (Å²) in [4.78, 5) is 24.4. The molecule has 1 spiro atoms. The number of carboxylic acids is 1. The Bertz CT molecular complexity index is 908. The highest BCUT2D eigenvalue weighted by molar-refractivity contribution is 5.94. The highest BCUT2D eigenvalue weighted by atomic mass is 16.7. The van der Waals surface area contributed by atoms with Crippen LogP contribution < -0.4 is 0 Å². The van der Waals surface area contributed by atoms with Gasteiger partial charge in [-0.3, -0.25) is 9.59 Å². The summed E-state index contributed by atoms with van der Waals surface area (Å²) < 4.78 is 12.0. The number of Topliss-reactive ketones (excluding diaryl/α,β-unsaturated/α-hetero) is 1. The van der Waals surface area contributed by atoms with Crippen molar-refractivity contribution in [2.45, 2.75) is 89.3 Å². The number of hydrogen-bond acceptors (Lipinski definition) is 7. The van der Waals surface area contributed by atoms with E-state index in [4.69, 9.17) is 14.6 Å². The normalized spacial score (nSPS) is 47.9. The molecular weight excluding hydrogens is 440 g/mol. The molecule has 8 nitrogen and oxygen atoms in total. The maximum Gasteiger partial charge on any atom is 0.306 e. The van der Waals surface area contributed by atoms with E-state index in [-0.39, 0.29) is 29.6 Å². The highest BCUT2D eigenvalue weighted by Gasteiger charge is 2.71. The molecule has 1 heterocycles. The molecule has 4 fully saturated rings. The first-order valence-corrected chi connectivity index (χ1v) is 12.7. The summed E-state index contributed by atoms with van der Waals surface area (Å²) in [5.74, 6) is -3.04. The molecule has 0 aromatic carbocycles. The van der Waals surface area contributed by atoms with Crippen LogP contribution in [0.2, 0.25) is 0 Å². The van der Waals surface area contributed by atoms with Crippen molar-refractivity contribution >= 4 is 11.8 Å². The number of aliphatic carboxylic acids is 1. The molecule has 0 amide bonds. The van der Waals surface area contributed by atoms with Crippen molar-refractivity contribution in [3.8, 4) is 0 Å². The number of fused-ring (bicyclic) bond motifs is 5. The zero-order chi connectivity index (χ0) is 24.7. The first-order valence-electron chi connectivity index (χ1n) is 12.7. The van der Waals surface area contributed by atoms with Crippen molar-refractivity contribution in [3.63, 3.8) is 0 Å². The third-order valence-corrected chi connectivity index (χ3v) is 10.5. The molecule has 8 heteroatoms. The van der Waals surface area contributed by atoms with Crippen LogP contribution in [0.25, 0.3) is 0 Å². The number of hydrogen-bond donors (Lipinski definition) is 4. The van der Waals surface area contributed by atoms with Crippen LogP contribution in [0.4, 0.5) is 0 Å². The van der Waals surface area contributed by atoms with Crippen LogP contribution in [0.15, 0.2) is 11.6 Å². The average molecular weight is 479 g/mol. The van der Waals surface area contributed by atoms with Gasteiger partial charge in [0.15, 0.2) is 11.6 Å². The largest absolute Gasteiger partial charge is 0.481 e. The van der Waals surface area contributed by atoms with Gasteiger partial charge in [-0.2, -0.15) is 0 Å². The van der Waals surface area contributed by atoms with Crippen molar-refractivity contribution in [2.75, 3.05) is 13.2 Å². The SMILES string of the molecule is C[C@@H]1C[C@H]2[C@@H]3CC=C4CC5(CC[C@]4(C)[C@H]3[C@H](O)C[C@]2(C)[C@@]1(O)C(=O)C(O)CC(=O)O)OCCO5. The van der Waals surface area contributed by atoms with Gasteiger partial charge < -0.3 is 29.9 Å². The maximum absolute atomic E-state index is 13.3. The van der Waals surface area contributed by atoms with Crippen LogP contribution >= 0.6 is 0 Å². The fraction of sp³-hybridized carbons (Fsp3) is 0.846. The number of carboxylic acid groups (broad SMARTS) is 1. The van der Waals surface area contributed by atoms with Crippen molar-refractivity contribution < 1.29 is 39.5 Å². The van der Waals surface area contributed by atoms with E-state index in [1.807, 2.05) is 6.92 Å². The van der Waals surface area contributed by atoms with Gasteiger partial charge in [-0.05, 0) is 54.8 Å². The molecule has 4 N–H and O–H groups in total. The van der Waals surface area contributed by atoms with Crippen LogP contribution in [-0.4, -0.2) is 69.0 Å². The van der Waals surface area contributed by atoms with E-state index in [1.165, 1.54) is 5.57 Å². The van der Waals surface area contributed by atoms with Crippen LogP contribution in [-0.2, 0) is 19.1 Å². The molecule has 3 saturated carbocycles. The lowest BCUT2D eigenvalue weighted by Gasteiger charge is -2.61. The first kappa shape index (κ1) is 24.4. The molecule has 9 atom stereocenters. The highest BCUT2D eigenvalue weighted by Crippen LogP contribution is 2.69. The summed E-state index contributed by atoms with van der Waals surface area (Å²) in [7, 11) is 0. The fourth-order valence-corrected chi connectivity index (χ4v) is 8.85. The fourth-order valence-electron chi connectivity index (χ4n) is 8.85. The van der Waals surface area contributed by atoms with E-state index in [1.54, 1.807) is 6.92 Å². The minimum Gasteiger partial charge on any atom is -0.481 e.